The van der Waals surface area contributed by atoms with Crippen LogP contribution in [0.4, 0.5) is 0 Å². The molecule has 3 rings (SSSR count). The van der Waals surface area contributed by atoms with Gasteiger partial charge in [0.2, 0.25) is 0 Å². The number of nitrogens with zero attached hydrogens (tertiary/aromatic N) is 1. The van der Waals surface area contributed by atoms with Gasteiger partial charge in [0.15, 0.2) is 0 Å². The molecule has 0 spiro atoms. The van der Waals surface area contributed by atoms with Gasteiger partial charge in [-0.25, -0.2) is 0 Å². The smallest absolute Gasteiger partial charge is 0.263 e. The van der Waals surface area contributed by atoms with Gasteiger partial charge in [0.25, 0.3) is 5.91 Å². The lowest BCUT2D eigenvalue weighted by Gasteiger charge is -2.32. The molecule has 2 fully saturated rings. The van der Waals surface area contributed by atoms with E-state index in [0.717, 1.165) is 36.7 Å². The molecule has 2 heterocycles. The van der Waals surface area contributed by atoms with Gasteiger partial charge in [-0.2, -0.15) is 0 Å². The second-order valence-corrected chi connectivity index (χ2v) is 7.24. The fourth-order valence-corrected chi connectivity index (χ4v) is 3.54. The van der Waals surface area contributed by atoms with Gasteiger partial charge in [0, 0.05) is 19.1 Å². The number of thiophene rings is 1. The molecule has 1 aromatic heterocycles. The summed E-state index contributed by atoms with van der Waals surface area (Å²) >= 11 is 7.25. The summed E-state index contributed by atoms with van der Waals surface area (Å²) in [5.41, 5.74) is 0. The molecule has 20 heavy (non-hydrogen) atoms. The van der Waals surface area contributed by atoms with Crippen molar-refractivity contribution in [2.45, 2.75) is 31.7 Å². The number of hydrogen-bond acceptors (Lipinski definition) is 3. The SMILES string of the molecule is Cl.O=C(c1ccc(Cl)s1)N1CCC(NCC2CC2)CC1. The highest BCUT2D eigenvalue weighted by Crippen LogP contribution is 2.28. The van der Waals surface area contributed by atoms with Crippen LogP contribution in [-0.4, -0.2) is 36.5 Å². The minimum absolute atomic E-state index is 0. The van der Waals surface area contributed by atoms with Crippen molar-refractivity contribution in [2.24, 2.45) is 5.92 Å². The molecule has 0 radical (unpaired) electrons. The molecule has 0 aromatic carbocycles. The Morgan fingerprint density at radius 2 is 2.00 bits per heavy atom. The van der Waals surface area contributed by atoms with Gasteiger partial charge in [-0.05, 0) is 50.3 Å². The molecule has 0 atom stereocenters. The minimum Gasteiger partial charge on any atom is -0.338 e. The number of rotatable bonds is 4. The lowest BCUT2D eigenvalue weighted by Crippen LogP contribution is -2.45. The number of halogens is 2. The Kier molecular flexibility index (Phi) is 5.73. The maximum atomic E-state index is 12.3. The molecule has 1 amide bonds. The van der Waals surface area contributed by atoms with E-state index in [1.165, 1.54) is 30.7 Å². The van der Waals surface area contributed by atoms with Gasteiger partial charge < -0.3 is 10.2 Å². The van der Waals surface area contributed by atoms with Crippen LogP contribution in [0.2, 0.25) is 4.34 Å². The van der Waals surface area contributed by atoms with Gasteiger partial charge in [-0.15, -0.1) is 23.7 Å². The van der Waals surface area contributed by atoms with E-state index < -0.39 is 0 Å². The molecule has 1 aromatic rings. The highest BCUT2D eigenvalue weighted by Gasteiger charge is 2.26. The van der Waals surface area contributed by atoms with E-state index in [0.29, 0.717) is 10.4 Å². The fourth-order valence-electron chi connectivity index (χ4n) is 2.53. The Bertz CT molecular complexity index is 454. The molecule has 6 heteroatoms. The Labute approximate surface area is 135 Å². The average Bonchev–Trinajstić information content (AvgIpc) is 3.17. The van der Waals surface area contributed by atoms with Crippen LogP contribution in [0.15, 0.2) is 12.1 Å². The summed E-state index contributed by atoms with van der Waals surface area (Å²) in [7, 11) is 0. The fraction of sp³-hybridized carbons (Fsp3) is 0.643. The number of carbonyl (C=O) groups is 1. The monoisotopic (exact) mass is 334 g/mol. The van der Waals surface area contributed by atoms with Gasteiger partial charge >= 0.3 is 0 Å². The van der Waals surface area contributed by atoms with Crippen molar-refractivity contribution in [1.82, 2.24) is 10.2 Å². The van der Waals surface area contributed by atoms with Crippen LogP contribution in [0, 0.1) is 5.92 Å². The maximum Gasteiger partial charge on any atom is 0.263 e. The largest absolute Gasteiger partial charge is 0.338 e. The lowest BCUT2D eigenvalue weighted by atomic mass is 10.0. The number of piperidine rings is 1. The topological polar surface area (TPSA) is 32.3 Å². The second-order valence-electron chi connectivity index (χ2n) is 5.52. The third kappa shape index (κ3) is 4.10. The van der Waals surface area contributed by atoms with Gasteiger partial charge in [0.1, 0.15) is 0 Å². The molecule has 112 valence electrons. The Hall–Kier alpha value is -0.290. The first-order valence-electron chi connectivity index (χ1n) is 7.00. The Morgan fingerprint density at radius 3 is 2.55 bits per heavy atom. The van der Waals surface area contributed by atoms with Crippen molar-refractivity contribution in [3.8, 4) is 0 Å². The third-order valence-corrected chi connectivity index (χ3v) is 5.18. The zero-order valence-electron chi connectivity index (χ0n) is 11.3. The number of carbonyl (C=O) groups excluding carboxylic acids is 1. The van der Waals surface area contributed by atoms with Crippen molar-refractivity contribution in [3.05, 3.63) is 21.3 Å². The summed E-state index contributed by atoms with van der Waals surface area (Å²) in [5.74, 6) is 1.06. The molecule has 0 unspecified atom stereocenters. The molecule has 2 aliphatic rings. The summed E-state index contributed by atoms with van der Waals surface area (Å²) in [6.07, 6.45) is 4.92. The van der Waals surface area contributed by atoms with Gasteiger partial charge in [0.05, 0.1) is 9.21 Å². The molecule has 0 bridgehead atoms. The predicted octanol–water partition coefficient (Wildman–Crippen LogP) is 3.43. The zero-order chi connectivity index (χ0) is 13.2. The summed E-state index contributed by atoms with van der Waals surface area (Å²) in [6, 6.07) is 4.22. The van der Waals surface area contributed by atoms with Crippen LogP contribution >= 0.6 is 35.3 Å². The van der Waals surface area contributed by atoms with E-state index >= 15 is 0 Å². The number of nitrogens with one attached hydrogen (secondary N) is 1. The number of hydrogen-bond donors (Lipinski definition) is 1. The molecule has 1 aliphatic carbocycles. The van der Waals surface area contributed by atoms with Crippen LogP contribution in [-0.2, 0) is 0 Å². The zero-order valence-corrected chi connectivity index (χ0v) is 13.7. The first-order chi connectivity index (χ1) is 9.22. The average molecular weight is 335 g/mol. The van der Waals surface area contributed by atoms with E-state index in [2.05, 4.69) is 5.32 Å². The van der Waals surface area contributed by atoms with Crippen molar-refractivity contribution < 1.29 is 4.79 Å². The molecule has 3 nitrogen and oxygen atoms in total. The van der Waals surface area contributed by atoms with E-state index in [1.807, 2.05) is 11.0 Å². The summed E-state index contributed by atoms with van der Waals surface area (Å²) in [6.45, 7) is 2.88. The first-order valence-corrected chi connectivity index (χ1v) is 8.20. The van der Waals surface area contributed by atoms with Gasteiger partial charge in [-0.1, -0.05) is 11.6 Å². The Balaban J connectivity index is 0.00000147. The van der Waals surface area contributed by atoms with Crippen LogP contribution in [0.5, 0.6) is 0 Å². The third-order valence-electron chi connectivity index (χ3n) is 3.96. The minimum atomic E-state index is 0. The highest BCUT2D eigenvalue weighted by molar-refractivity contribution is 7.17. The van der Waals surface area contributed by atoms with Crippen molar-refractivity contribution >= 4 is 41.3 Å². The summed E-state index contributed by atoms with van der Waals surface area (Å²) < 4.78 is 0.685. The van der Waals surface area contributed by atoms with Crippen molar-refractivity contribution in [2.75, 3.05) is 19.6 Å². The quantitative estimate of drug-likeness (QED) is 0.914. The molecule has 1 N–H and O–H groups in total. The summed E-state index contributed by atoms with van der Waals surface area (Å²) in [4.78, 5) is 15.0. The molecule has 1 aliphatic heterocycles. The normalized spacial score (nSPS) is 19.8. The van der Waals surface area contributed by atoms with Crippen molar-refractivity contribution in [1.29, 1.82) is 0 Å². The molecular formula is C14H20Cl2N2OS. The van der Waals surface area contributed by atoms with Crippen LogP contribution in [0.3, 0.4) is 0 Å². The molecule has 1 saturated heterocycles. The lowest BCUT2D eigenvalue weighted by molar-refractivity contribution is 0.0710. The maximum absolute atomic E-state index is 12.3. The van der Waals surface area contributed by atoms with Crippen LogP contribution in [0.25, 0.3) is 0 Å². The summed E-state index contributed by atoms with van der Waals surface area (Å²) in [5, 5.41) is 3.63. The Morgan fingerprint density at radius 1 is 1.30 bits per heavy atom. The van der Waals surface area contributed by atoms with Crippen LogP contribution < -0.4 is 5.32 Å². The second kappa shape index (κ2) is 7.12. The van der Waals surface area contributed by atoms with E-state index in [-0.39, 0.29) is 18.3 Å². The van der Waals surface area contributed by atoms with E-state index in [1.54, 1.807) is 6.07 Å². The van der Waals surface area contributed by atoms with E-state index in [4.69, 9.17) is 11.6 Å². The van der Waals surface area contributed by atoms with Crippen molar-refractivity contribution in [3.63, 3.8) is 0 Å². The van der Waals surface area contributed by atoms with E-state index in [9.17, 15) is 4.79 Å². The first kappa shape index (κ1) is 16.1. The molecular weight excluding hydrogens is 315 g/mol. The highest BCUT2D eigenvalue weighted by atomic mass is 35.5. The number of amides is 1. The number of likely N-dealkylation sites (tertiary alicyclic amines) is 1. The molecule has 1 saturated carbocycles. The predicted molar refractivity (Wildman–Crippen MR) is 86.2 cm³/mol. The van der Waals surface area contributed by atoms with Crippen LogP contribution in [0.1, 0.15) is 35.4 Å². The van der Waals surface area contributed by atoms with Gasteiger partial charge in [-0.3, -0.25) is 4.79 Å². The standard InChI is InChI=1S/C14H19ClN2OS.ClH/c15-13-4-3-12(19-13)14(18)17-7-5-11(6-8-17)16-9-10-1-2-10;/h3-4,10-11,16H,1-2,5-9H2;1H.